The van der Waals surface area contributed by atoms with E-state index < -0.39 is 5.97 Å². The van der Waals surface area contributed by atoms with Crippen molar-refractivity contribution in [3.8, 4) is 16.9 Å². The van der Waals surface area contributed by atoms with Crippen molar-refractivity contribution in [1.29, 1.82) is 0 Å². The number of rotatable bonds is 2. The van der Waals surface area contributed by atoms with Crippen LogP contribution in [-0.2, 0) is 11.2 Å². The molecule has 0 fully saturated rings. The molecule has 1 aromatic carbocycles. The van der Waals surface area contributed by atoms with E-state index in [1.165, 1.54) is 18.2 Å². The summed E-state index contributed by atoms with van der Waals surface area (Å²) in [6, 6.07) is 13.6. The first-order chi connectivity index (χ1) is 11.6. The third-order valence-electron chi connectivity index (χ3n) is 3.96. The Morgan fingerprint density at radius 3 is 2.38 bits per heavy atom. The molecule has 0 spiro atoms. The van der Waals surface area contributed by atoms with Crippen LogP contribution < -0.4 is 5.73 Å². The molecule has 2 aliphatic carbocycles. The second kappa shape index (κ2) is 6.20. The Bertz CT molecular complexity index is 918. The molecule has 0 atom stereocenters. The average molecular weight is 322 g/mol. The largest absolute Gasteiger partial charge is 0.507 e. The summed E-state index contributed by atoms with van der Waals surface area (Å²) in [5.74, 6) is -0.539. The Hall–Kier alpha value is -3.08. The highest BCUT2D eigenvalue weighted by Gasteiger charge is 2.20. The highest BCUT2D eigenvalue weighted by Crippen LogP contribution is 2.33. The van der Waals surface area contributed by atoms with E-state index in [1.807, 2.05) is 6.92 Å². The molecule has 5 nitrogen and oxygen atoms in total. The van der Waals surface area contributed by atoms with E-state index in [9.17, 15) is 9.90 Å². The first kappa shape index (κ1) is 15.8. The van der Waals surface area contributed by atoms with Crippen LogP contribution >= 0.6 is 0 Å². The number of methoxy groups -OCH3 is 1. The monoisotopic (exact) mass is 322 g/mol. The number of ether oxygens (including phenoxy) is 1. The van der Waals surface area contributed by atoms with E-state index in [-0.39, 0.29) is 11.4 Å². The Balaban J connectivity index is 0.000000231. The van der Waals surface area contributed by atoms with Gasteiger partial charge in [-0.2, -0.15) is 0 Å². The third kappa shape index (κ3) is 2.76. The minimum atomic E-state index is -0.577. The van der Waals surface area contributed by atoms with Crippen molar-refractivity contribution in [2.75, 3.05) is 12.8 Å². The quantitative estimate of drug-likeness (QED) is 0.435. The lowest BCUT2D eigenvalue weighted by atomic mass is 10.0. The van der Waals surface area contributed by atoms with Crippen LogP contribution in [0.5, 0.6) is 5.75 Å². The molecule has 2 aromatic rings. The maximum atomic E-state index is 11.7. The Labute approximate surface area is 139 Å². The highest BCUT2D eigenvalue weighted by molar-refractivity contribution is 6.00. The van der Waals surface area contributed by atoms with Gasteiger partial charge in [0.05, 0.1) is 18.3 Å². The summed E-state index contributed by atoms with van der Waals surface area (Å²) in [6.45, 7) is 1.83. The number of carbonyl (C=O) groups is 1. The number of carbonyl (C=O) groups excluding carboxylic acids is 1. The van der Waals surface area contributed by atoms with Crippen LogP contribution in [0, 0.1) is 0 Å². The van der Waals surface area contributed by atoms with Gasteiger partial charge in [0, 0.05) is 10.9 Å². The summed E-state index contributed by atoms with van der Waals surface area (Å²) in [4.78, 5) is 15.9. The van der Waals surface area contributed by atoms with Crippen LogP contribution in [0.1, 0.15) is 23.0 Å². The van der Waals surface area contributed by atoms with Crippen LogP contribution in [-0.4, -0.2) is 23.2 Å². The van der Waals surface area contributed by atoms with E-state index in [0.717, 1.165) is 0 Å². The smallest absolute Gasteiger partial charge is 0.357 e. The summed E-state index contributed by atoms with van der Waals surface area (Å²) < 4.78 is 4.67. The molecule has 3 N–H and O–H groups in total. The number of nitrogens with two attached hydrogens (primary N) is 1. The predicted molar refractivity (Wildman–Crippen MR) is 94.0 cm³/mol. The van der Waals surface area contributed by atoms with Crippen molar-refractivity contribution < 1.29 is 14.6 Å². The van der Waals surface area contributed by atoms with Gasteiger partial charge in [0.25, 0.3) is 0 Å². The Morgan fingerprint density at radius 1 is 1.21 bits per heavy atom. The SMILES string of the molecule is CCc1c(C(=O)OC)nc2c(N)cccc2c1O.c1cc2cc-2c1. The molecule has 0 unspecified atom stereocenters. The van der Waals surface area contributed by atoms with Crippen LogP contribution in [0.3, 0.4) is 0 Å². The molecule has 24 heavy (non-hydrogen) atoms. The number of esters is 1. The van der Waals surface area contributed by atoms with Crippen molar-refractivity contribution in [2.45, 2.75) is 13.3 Å². The van der Waals surface area contributed by atoms with Gasteiger partial charge in [0.15, 0.2) is 5.69 Å². The fourth-order valence-corrected chi connectivity index (χ4v) is 2.61. The summed E-state index contributed by atoms with van der Waals surface area (Å²) in [5.41, 5.74) is 10.1. The molecule has 4 rings (SSSR count). The number of aromatic hydroxyl groups is 1. The molecular weight excluding hydrogens is 304 g/mol. The maximum Gasteiger partial charge on any atom is 0.357 e. The van der Waals surface area contributed by atoms with E-state index in [4.69, 9.17) is 5.73 Å². The van der Waals surface area contributed by atoms with Crippen LogP contribution in [0.15, 0.2) is 42.5 Å². The summed E-state index contributed by atoms with van der Waals surface area (Å²) >= 11 is 0. The summed E-state index contributed by atoms with van der Waals surface area (Å²) in [7, 11) is 1.28. The minimum absolute atomic E-state index is 0.0372. The molecule has 0 amide bonds. The van der Waals surface area contributed by atoms with E-state index in [2.05, 4.69) is 34.0 Å². The third-order valence-corrected chi connectivity index (χ3v) is 3.96. The highest BCUT2D eigenvalue weighted by atomic mass is 16.5. The van der Waals surface area contributed by atoms with Crippen molar-refractivity contribution in [1.82, 2.24) is 4.98 Å². The lowest BCUT2D eigenvalue weighted by Gasteiger charge is -2.11. The van der Waals surface area contributed by atoms with E-state index in [1.54, 1.807) is 18.2 Å². The molecule has 1 aromatic heterocycles. The number of nitrogen functional groups attached to an aromatic ring is 1. The molecule has 122 valence electrons. The van der Waals surface area contributed by atoms with Gasteiger partial charge in [-0.25, -0.2) is 9.78 Å². The van der Waals surface area contributed by atoms with Gasteiger partial charge >= 0.3 is 5.97 Å². The molecular formula is C19H18N2O3. The number of pyridine rings is 1. The normalized spacial score (nSPS) is 10.8. The molecule has 2 aliphatic rings. The van der Waals surface area contributed by atoms with Gasteiger partial charge in [0.1, 0.15) is 5.75 Å². The van der Waals surface area contributed by atoms with Crippen molar-refractivity contribution in [3.05, 3.63) is 53.7 Å². The van der Waals surface area contributed by atoms with Gasteiger partial charge in [0.2, 0.25) is 0 Å². The summed E-state index contributed by atoms with van der Waals surface area (Å²) in [5, 5.41) is 10.7. The molecule has 0 saturated heterocycles. The minimum Gasteiger partial charge on any atom is -0.507 e. The van der Waals surface area contributed by atoms with Gasteiger partial charge in [-0.3, -0.25) is 0 Å². The molecule has 1 heterocycles. The number of benzene rings is 2. The number of nitrogens with zero attached hydrogens (tertiary/aromatic N) is 1. The lowest BCUT2D eigenvalue weighted by molar-refractivity contribution is 0.0592. The number of fused-ring (bicyclic) bond motifs is 2. The van der Waals surface area contributed by atoms with Crippen molar-refractivity contribution in [2.24, 2.45) is 0 Å². The zero-order chi connectivity index (χ0) is 17.3. The van der Waals surface area contributed by atoms with Gasteiger partial charge in [-0.05, 0) is 35.7 Å². The lowest BCUT2D eigenvalue weighted by Crippen LogP contribution is -2.09. The zero-order valence-electron chi connectivity index (χ0n) is 13.5. The Kier molecular flexibility index (Phi) is 4.08. The number of hydrogen-bond donors (Lipinski definition) is 2. The standard InChI is InChI=1S/C13H14N2O3.C6H4/c1-3-7-11(13(17)18-2)15-10-8(12(7)16)5-4-6-9(10)14;1-2-5-4-6(5)3-1/h4-6H,3,14H2,1-2H3,(H,15,16);1-4H. The topological polar surface area (TPSA) is 85.4 Å². The molecule has 0 radical (unpaired) electrons. The average Bonchev–Trinajstić information content (AvgIpc) is 3.20. The molecule has 0 saturated carbocycles. The maximum absolute atomic E-state index is 11.7. The summed E-state index contributed by atoms with van der Waals surface area (Å²) in [6.07, 6.45) is 0.480. The number of anilines is 1. The first-order valence-electron chi connectivity index (χ1n) is 7.65. The number of para-hydroxylation sites is 1. The molecule has 5 heteroatoms. The van der Waals surface area contributed by atoms with Crippen molar-refractivity contribution in [3.63, 3.8) is 0 Å². The van der Waals surface area contributed by atoms with Crippen molar-refractivity contribution >= 4 is 22.6 Å². The number of hydrogen-bond acceptors (Lipinski definition) is 5. The molecule has 0 aliphatic heterocycles. The Morgan fingerprint density at radius 2 is 1.88 bits per heavy atom. The predicted octanol–water partition coefficient (Wildman–Crippen LogP) is 3.54. The van der Waals surface area contributed by atoms with Gasteiger partial charge in [-0.15, -0.1) is 0 Å². The fraction of sp³-hybridized carbons (Fsp3) is 0.158. The zero-order valence-corrected chi connectivity index (χ0v) is 13.5. The molecule has 0 bridgehead atoms. The van der Waals surface area contributed by atoms with E-state index >= 15 is 0 Å². The first-order valence-corrected chi connectivity index (χ1v) is 7.65. The number of aromatic nitrogens is 1. The second-order valence-electron chi connectivity index (χ2n) is 5.46. The van der Waals surface area contributed by atoms with Gasteiger partial charge in [-0.1, -0.05) is 31.2 Å². The van der Waals surface area contributed by atoms with Crippen LogP contribution in [0.2, 0.25) is 0 Å². The second-order valence-corrected chi connectivity index (χ2v) is 5.46. The van der Waals surface area contributed by atoms with Crippen LogP contribution in [0.25, 0.3) is 22.0 Å². The fourth-order valence-electron chi connectivity index (χ4n) is 2.61. The van der Waals surface area contributed by atoms with Gasteiger partial charge < -0.3 is 15.6 Å². The van der Waals surface area contributed by atoms with Crippen LogP contribution in [0.4, 0.5) is 5.69 Å². The van der Waals surface area contributed by atoms with E-state index in [0.29, 0.717) is 28.6 Å².